The molecule has 1 aromatic heterocycles. The molecule has 1 unspecified atom stereocenters. The minimum Gasteiger partial charge on any atom is -0.450 e. The quantitative estimate of drug-likeness (QED) is 0.680. The van der Waals surface area contributed by atoms with Gasteiger partial charge in [0.15, 0.2) is 18.5 Å². The minimum atomic E-state index is -1.98. The third-order valence-corrected chi connectivity index (χ3v) is 3.68. The van der Waals surface area contributed by atoms with Crippen LogP contribution in [-0.4, -0.2) is 64.1 Å². The number of aliphatic hydroxyl groups excluding tert-OH is 1. The lowest BCUT2D eigenvalue weighted by Crippen LogP contribution is -2.38. The number of halogens is 1. The number of carbonyl (C=O) groups is 2. The summed E-state index contributed by atoms with van der Waals surface area (Å²) in [6, 6.07) is 1.24. The molecule has 0 bridgehead atoms. The summed E-state index contributed by atoms with van der Waals surface area (Å²) in [6.45, 7) is 5.90. The number of hydrogen-bond acceptors (Lipinski definition) is 9. The third kappa shape index (κ3) is 5.87. The van der Waals surface area contributed by atoms with E-state index in [-0.39, 0.29) is 12.4 Å². The largest absolute Gasteiger partial charge is 0.509 e. The Morgan fingerprint density at radius 2 is 2.10 bits per heavy atom. The number of anilines is 1. The summed E-state index contributed by atoms with van der Waals surface area (Å²) in [4.78, 5) is 39.1. The van der Waals surface area contributed by atoms with Gasteiger partial charge in [-0.05, 0) is 33.8 Å². The molecule has 29 heavy (non-hydrogen) atoms. The van der Waals surface area contributed by atoms with Crippen molar-refractivity contribution in [1.29, 1.82) is 0 Å². The highest BCUT2D eigenvalue weighted by Crippen LogP contribution is 2.33. The predicted octanol–water partition coefficient (Wildman–Crippen LogP) is 1.36. The van der Waals surface area contributed by atoms with Crippen LogP contribution in [0.25, 0.3) is 0 Å². The fourth-order valence-corrected chi connectivity index (χ4v) is 2.54. The van der Waals surface area contributed by atoms with Crippen LogP contribution in [0, 0.1) is 0 Å². The summed E-state index contributed by atoms with van der Waals surface area (Å²) in [5, 5.41) is 11.7. The smallest absolute Gasteiger partial charge is 0.450 e. The molecule has 0 saturated carbocycles. The Hall–Kier alpha value is -2.73. The first kappa shape index (κ1) is 22.6. The van der Waals surface area contributed by atoms with Gasteiger partial charge in [0, 0.05) is 6.20 Å². The lowest BCUT2D eigenvalue weighted by atomic mass is 10.1. The summed E-state index contributed by atoms with van der Waals surface area (Å²) < 4.78 is 35.7. The van der Waals surface area contributed by atoms with Crippen LogP contribution in [-0.2, 0) is 18.9 Å². The van der Waals surface area contributed by atoms with Crippen molar-refractivity contribution >= 4 is 18.1 Å². The van der Waals surface area contributed by atoms with Crippen LogP contribution in [0.1, 0.15) is 33.9 Å². The molecule has 4 atom stereocenters. The van der Waals surface area contributed by atoms with Crippen LogP contribution in [0.4, 0.5) is 19.8 Å². The lowest BCUT2D eigenvalue weighted by Gasteiger charge is -2.23. The van der Waals surface area contributed by atoms with E-state index in [1.165, 1.54) is 6.07 Å². The van der Waals surface area contributed by atoms with E-state index in [2.05, 4.69) is 15.0 Å². The van der Waals surface area contributed by atoms with Crippen molar-refractivity contribution in [3.8, 4) is 0 Å². The van der Waals surface area contributed by atoms with Crippen molar-refractivity contribution in [2.24, 2.45) is 0 Å². The zero-order valence-electron chi connectivity index (χ0n) is 16.5. The number of hydrogen-bond donors (Lipinski definition) is 2. The second-order valence-corrected chi connectivity index (χ2v) is 7.09. The zero-order chi connectivity index (χ0) is 21.8. The second-order valence-electron chi connectivity index (χ2n) is 7.09. The van der Waals surface area contributed by atoms with E-state index in [9.17, 15) is 23.9 Å². The fourth-order valence-electron chi connectivity index (χ4n) is 2.54. The van der Waals surface area contributed by atoms with Gasteiger partial charge in [-0.15, -0.1) is 0 Å². The van der Waals surface area contributed by atoms with Crippen molar-refractivity contribution in [3.05, 3.63) is 22.7 Å². The molecule has 2 heterocycles. The number of carbonyl (C=O) groups excluding carboxylic acids is 2. The molecule has 2 N–H and O–H groups in total. The molecule has 1 saturated heterocycles. The molecule has 0 spiro atoms. The number of rotatable bonds is 5. The topological polar surface area (TPSA) is 138 Å². The third-order valence-electron chi connectivity index (χ3n) is 3.68. The van der Waals surface area contributed by atoms with Gasteiger partial charge in [0.05, 0.1) is 13.2 Å². The highest BCUT2D eigenvalue weighted by molar-refractivity contribution is 5.83. The van der Waals surface area contributed by atoms with Crippen LogP contribution >= 0.6 is 0 Å². The van der Waals surface area contributed by atoms with Gasteiger partial charge in [-0.25, -0.2) is 18.8 Å². The SMILES string of the molecule is CCOC(=O)Nc1ccn([C@@H]2O[C@H](CO)[C@@H](OC(=O)OC(C)(C)C)C2F)c(=O)n1. The Morgan fingerprint density at radius 3 is 2.66 bits per heavy atom. The molecule has 2 rings (SSSR count). The number of nitrogens with one attached hydrogen (secondary N) is 1. The average molecular weight is 417 g/mol. The van der Waals surface area contributed by atoms with Gasteiger partial charge in [0.2, 0.25) is 0 Å². The molecular weight excluding hydrogens is 393 g/mol. The van der Waals surface area contributed by atoms with Crippen molar-refractivity contribution in [2.45, 2.75) is 57.9 Å². The van der Waals surface area contributed by atoms with Gasteiger partial charge in [0.1, 0.15) is 17.5 Å². The lowest BCUT2D eigenvalue weighted by molar-refractivity contribution is -0.0691. The van der Waals surface area contributed by atoms with Crippen LogP contribution < -0.4 is 11.0 Å². The molecular formula is C17H24FN3O8. The molecule has 1 fully saturated rings. The van der Waals surface area contributed by atoms with Crippen LogP contribution in [0.15, 0.2) is 17.1 Å². The second kappa shape index (κ2) is 9.18. The molecule has 0 aromatic carbocycles. The molecule has 162 valence electrons. The maximum absolute atomic E-state index is 14.9. The molecule has 11 nitrogen and oxygen atoms in total. The molecule has 1 amide bonds. The number of aliphatic hydroxyl groups is 1. The van der Waals surface area contributed by atoms with Gasteiger partial charge in [0.25, 0.3) is 0 Å². The summed E-state index contributed by atoms with van der Waals surface area (Å²) in [6.07, 6.45) is -6.98. The van der Waals surface area contributed by atoms with Gasteiger partial charge in [-0.3, -0.25) is 9.88 Å². The van der Waals surface area contributed by atoms with E-state index >= 15 is 0 Å². The predicted molar refractivity (Wildman–Crippen MR) is 96.1 cm³/mol. The molecule has 0 radical (unpaired) electrons. The molecule has 1 aliphatic heterocycles. The Labute approximate surface area is 165 Å². The Balaban J connectivity index is 2.15. The minimum absolute atomic E-state index is 0.0987. The van der Waals surface area contributed by atoms with Crippen LogP contribution in [0.2, 0.25) is 0 Å². The van der Waals surface area contributed by atoms with Gasteiger partial charge >= 0.3 is 17.9 Å². The first-order valence-electron chi connectivity index (χ1n) is 8.88. The van der Waals surface area contributed by atoms with Crippen molar-refractivity contribution in [3.63, 3.8) is 0 Å². The van der Waals surface area contributed by atoms with E-state index in [1.54, 1.807) is 27.7 Å². The number of nitrogens with zero attached hydrogens (tertiary/aromatic N) is 2. The van der Waals surface area contributed by atoms with Crippen LogP contribution in [0.3, 0.4) is 0 Å². The van der Waals surface area contributed by atoms with Crippen molar-refractivity contribution < 1.29 is 38.0 Å². The Bertz CT molecular complexity index is 794. The van der Waals surface area contributed by atoms with Crippen molar-refractivity contribution in [1.82, 2.24) is 9.55 Å². The molecule has 1 aliphatic rings. The number of ether oxygens (including phenoxy) is 4. The Morgan fingerprint density at radius 1 is 1.41 bits per heavy atom. The van der Waals surface area contributed by atoms with E-state index in [4.69, 9.17) is 14.2 Å². The van der Waals surface area contributed by atoms with Crippen molar-refractivity contribution in [2.75, 3.05) is 18.5 Å². The summed E-state index contributed by atoms with van der Waals surface area (Å²) in [5.74, 6) is -0.0987. The van der Waals surface area contributed by atoms with Crippen LogP contribution in [0.5, 0.6) is 0 Å². The van der Waals surface area contributed by atoms with Gasteiger partial charge < -0.3 is 24.1 Å². The van der Waals surface area contributed by atoms with E-state index < -0.39 is 54.8 Å². The number of aromatic nitrogens is 2. The monoisotopic (exact) mass is 417 g/mol. The van der Waals surface area contributed by atoms with E-state index in [0.717, 1.165) is 10.8 Å². The standard InChI is InChI=1S/C17H24FN3O8/c1-5-26-15(24)20-10-6-7-21(14(23)19-10)13-11(18)12(9(8-22)27-13)28-16(25)29-17(2,3)4/h6-7,9,11-13,22H,5,8H2,1-4H3,(H,19,20,23,24)/t9-,11?,12-,13-/m1/s1. The maximum atomic E-state index is 14.9. The van der Waals surface area contributed by atoms with E-state index in [0.29, 0.717) is 0 Å². The molecule has 12 heteroatoms. The first-order chi connectivity index (χ1) is 13.6. The fraction of sp³-hybridized carbons (Fsp3) is 0.647. The summed E-state index contributed by atoms with van der Waals surface area (Å²) in [7, 11) is 0. The van der Waals surface area contributed by atoms with Gasteiger partial charge in [-0.1, -0.05) is 0 Å². The van der Waals surface area contributed by atoms with Gasteiger partial charge in [-0.2, -0.15) is 4.98 Å². The Kier molecular flexibility index (Phi) is 7.14. The summed E-state index contributed by atoms with van der Waals surface area (Å²) in [5.41, 5.74) is -1.79. The zero-order valence-corrected chi connectivity index (χ0v) is 16.5. The highest BCUT2D eigenvalue weighted by atomic mass is 19.1. The summed E-state index contributed by atoms with van der Waals surface area (Å²) >= 11 is 0. The normalized spacial score (nSPS) is 24.1. The molecule has 0 aliphatic carbocycles. The molecule has 1 aromatic rings. The first-order valence-corrected chi connectivity index (χ1v) is 8.88. The van der Waals surface area contributed by atoms with E-state index in [1.807, 2.05) is 0 Å². The maximum Gasteiger partial charge on any atom is 0.509 e. The highest BCUT2D eigenvalue weighted by Gasteiger charge is 2.49. The number of amides is 1. The average Bonchev–Trinajstić information content (AvgIpc) is 2.89. The number of alkyl halides is 1.